The van der Waals surface area contributed by atoms with Crippen molar-refractivity contribution in [3.8, 4) is 33.6 Å². The fourth-order valence-corrected chi connectivity index (χ4v) is 7.99. The zero-order valence-corrected chi connectivity index (χ0v) is 31.8. The molecule has 0 amide bonds. The first-order chi connectivity index (χ1) is 24.3. The van der Waals surface area contributed by atoms with Gasteiger partial charge in [-0.3, -0.25) is 4.98 Å². The van der Waals surface area contributed by atoms with Crippen LogP contribution in [-0.2, 0) is 18.9 Å². The van der Waals surface area contributed by atoms with Crippen LogP contribution in [-0.4, -0.2) is 4.98 Å². The van der Waals surface area contributed by atoms with E-state index in [2.05, 4.69) is 171 Å². The summed E-state index contributed by atoms with van der Waals surface area (Å²) in [6, 6.07) is 31.2. The highest BCUT2D eigenvalue weighted by molar-refractivity contribution is 6.10. The second-order valence-corrected chi connectivity index (χ2v) is 15.7. The quantitative estimate of drug-likeness (QED) is 0.165. The van der Waals surface area contributed by atoms with Gasteiger partial charge in [-0.15, -0.1) is 0 Å². The third-order valence-electron chi connectivity index (χ3n) is 10.3. The van der Waals surface area contributed by atoms with Crippen molar-refractivity contribution in [3.63, 3.8) is 0 Å². The van der Waals surface area contributed by atoms with Crippen molar-refractivity contribution in [1.82, 2.24) is 4.98 Å². The van der Waals surface area contributed by atoms with E-state index in [1.165, 1.54) is 72.5 Å². The van der Waals surface area contributed by atoms with Crippen molar-refractivity contribution in [2.45, 2.75) is 74.1 Å². The molecule has 3 heteroatoms. The van der Waals surface area contributed by atoms with Crippen LogP contribution >= 0.6 is 0 Å². The Bertz CT molecular complexity index is 2480. The van der Waals surface area contributed by atoms with Crippen LogP contribution in [0.3, 0.4) is 0 Å². The molecule has 0 spiro atoms. The van der Waals surface area contributed by atoms with Crippen molar-refractivity contribution in [2.75, 3.05) is 0 Å². The minimum atomic E-state index is -0.00928. The Hall–Kier alpha value is -5.28. The molecule has 0 N–H and O–H groups in total. The summed E-state index contributed by atoms with van der Waals surface area (Å²) in [5, 5.41) is 2.26. The minimum Gasteiger partial charge on any atom is -0.455 e. The fraction of sp³-hybridized carbons (Fsp3) is 0.250. The van der Waals surface area contributed by atoms with Gasteiger partial charge in [0.15, 0.2) is 6.20 Å². The number of rotatable bonds is 6. The Labute approximate surface area is 303 Å². The normalized spacial score (nSPS) is 12.3. The molecule has 7 aromatic rings. The number of benzene rings is 4. The molecule has 0 radical (unpaired) electrons. The van der Waals surface area contributed by atoms with Gasteiger partial charge in [-0.1, -0.05) is 92.6 Å². The average Bonchev–Trinajstić information content (AvgIpc) is 3.42. The summed E-state index contributed by atoms with van der Waals surface area (Å²) in [4.78, 5) is 5.04. The van der Waals surface area contributed by atoms with E-state index < -0.39 is 0 Å². The summed E-state index contributed by atoms with van der Waals surface area (Å²) in [5.41, 5.74) is 20.1. The summed E-state index contributed by atoms with van der Waals surface area (Å²) < 4.78 is 8.95. The smallest absolute Gasteiger partial charge is 0.213 e. The van der Waals surface area contributed by atoms with Crippen LogP contribution < -0.4 is 4.57 Å². The molecule has 0 aliphatic rings. The minimum absolute atomic E-state index is 0.00928. The van der Waals surface area contributed by atoms with E-state index >= 15 is 0 Å². The molecular weight excluding hydrogens is 621 g/mol. The molecule has 7 rings (SSSR count). The first kappa shape index (κ1) is 34.2. The molecule has 256 valence electrons. The maximum Gasteiger partial charge on any atom is 0.213 e. The molecule has 0 aliphatic carbocycles. The summed E-state index contributed by atoms with van der Waals surface area (Å²) in [5.74, 6) is 0. The lowest BCUT2D eigenvalue weighted by Crippen LogP contribution is -2.30. The lowest BCUT2D eigenvalue weighted by atomic mass is 9.83. The number of fused-ring (bicyclic) bond motifs is 3. The number of furan rings is 1. The van der Waals surface area contributed by atoms with Gasteiger partial charge in [-0.05, 0) is 122 Å². The van der Waals surface area contributed by atoms with Gasteiger partial charge < -0.3 is 4.42 Å². The van der Waals surface area contributed by atoms with Gasteiger partial charge in [0.2, 0.25) is 5.69 Å². The fourth-order valence-electron chi connectivity index (χ4n) is 7.99. The Morgan fingerprint density at radius 2 is 1.49 bits per heavy atom. The molecule has 0 aliphatic heterocycles. The zero-order valence-electron chi connectivity index (χ0n) is 31.8. The van der Waals surface area contributed by atoms with Gasteiger partial charge in [0.05, 0.1) is 11.3 Å². The van der Waals surface area contributed by atoms with Gasteiger partial charge in [-0.2, -0.15) is 0 Å². The van der Waals surface area contributed by atoms with Crippen LogP contribution in [0.5, 0.6) is 0 Å². The Morgan fingerprint density at radius 3 is 2.24 bits per heavy atom. The predicted molar refractivity (Wildman–Crippen MR) is 215 cm³/mol. The Balaban J connectivity index is 1.35. The molecule has 3 nitrogen and oxygen atoms in total. The number of allylic oxidation sites excluding steroid dienone is 1. The number of pyridine rings is 2. The van der Waals surface area contributed by atoms with Crippen LogP contribution in [0.2, 0.25) is 0 Å². The van der Waals surface area contributed by atoms with Crippen molar-refractivity contribution in [1.29, 1.82) is 0 Å². The third kappa shape index (κ3) is 6.54. The first-order valence-corrected chi connectivity index (χ1v) is 18.0. The van der Waals surface area contributed by atoms with Crippen LogP contribution in [0, 0.1) is 34.6 Å². The number of aryl methyl sites for hydroxylation is 6. The number of hydrogen-bond acceptors (Lipinski definition) is 2. The summed E-state index contributed by atoms with van der Waals surface area (Å²) in [6.07, 6.45) is 7.33. The zero-order chi connectivity index (χ0) is 36.2. The van der Waals surface area contributed by atoms with E-state index in [0.29, 0.717) is 0 Å². The first-order valence-electron chi connectivity index (χ1n) is 18.0. The molecule has 0 bridgehead atoms. The Morgan fingerprint density at radius 1 is 0.765 bits per heavy atom. The van der Waals surface area contributed by atoms with Crippen LogP contribution in [0.4, 0.5) is 0 Å². The third-order valence-corrected chi connectivity index (χ3v) is 10.3. The molecule has 0 saturated heterocycles. The van der Waals surface area contributed by atoms with Gasteiger partial charge in [-0.25, -0.2) is 4.57 Å². The van der Waals surface area contributed by atoms with Crippen LogP contribution in [0.25, 0.3) is 61.7 Å². The lowest BCUT2D eigenvalue weighted by molar-refractivity contribution is -0.660. The van der Waals surface area contributed by atoms with Crippen molar-refractivity contribution in [2.24, 2.45) is 7.05 Å². The van der Waals surface area contributed by atoms with Crippen molar-refractivity contribution in [3.05, 3.63) is 147 Å². The molecule has 3 heterocycles. The second kappa shape index (κ2) is 13.1. The molecule has 3 aromatic heterocycles. The van der Waals surface area contributed by atoms with Gasteiger partial charge in [0.25, 0.3) is 0 Å². The maximum atomic E-state index is 6.71. The highest BCUT2D eigenvalue weighted by Crippen LogP contribution is 2.40. The highest BCUT2D eigenvalue weighted by atomic mass is 16.3. The topological polar surface area (TPSA) is 29.9 Å². The largest absolute Gasteiger partial charge is 0.455 e. The predicted octanol–water partition coefficient (Wildman–Crippen LogP) is 12.3. The summed E-state index contributed by atoms with van der Waals surface area (Å²) in [6.45, 7) is 19.9. The summed E-state index contributed by atoms with van der Waals surface area (Å²) in [7, 11) is 2.14. The number of nitrogens with zero attached hydrogens (tertiary/aromatic N) is 2. The van der Waals surface area contributed by atoms with Gasteiger partial charge in [0, 0.05) is 34.7 Å². The molecule has 0 unspecified atom stereocenters. The molecule has 0 atom stereocenters. The number of aromatic nitrogens is 2. The highest BCUT2D eigenvalue weighted by Gasteiger charge is 2.23. The Kier molecular flexibility index (Phi) is 8.79. The van der Waals surface area contributed by atoms with Crippen LogP contribution in [0.15, 0.2) is 107 Å². The van der Waals surface area contributed by atoms with Crippen molar-refractivity contribution >= 4 is 28.0 Å². The SMILES string of the molecule is C/C(=C\c1ccccc1-c1cc(-c2c(C)cc(C)cc2C)cc[n+]1C)Cc1ccc2c(oc3cc(C)ccc32)c1-c1cc(C(C)(C)C)c(C)cn1. The van der Waals surface area contributed by atoms with Crippen LogP contribution in [0.1, 0.15) is 72.2 Å². The van der Waals surface area contributed by atoms with Crippen molar-refractivity contribution < 1.29 is 8.98 Å². The standard InChI is InChI=1S/C48H49N2O/c1-29-15-17-39-40-18-16-36(46(47(40)51-44(39)25-29)42-27-41(48(7,8)9)34(6)28-49-42)24-31(3)23-35-13-11-12-14-38(35)43-26-37(19-20-50(43)10)45-32(4)21-30(2)22-33(45)5/h11-23,25-28H,24H2,1-10H3/q+1/b31-23+. The second-order valence-electron chi connectivity index (χ2n) is 15.7. The lowest BCUT2D eigenvalue weighted by Gasteiger charge is -2.22. The van der Waals surface area contributed by atoms with E-state index in [0.717, 1.165) is 39.6 Å². The number of hydrogen-bond donors (Lipinski definition) is 0. The average molecular weight is 670 g/mol. The molecule has 0 fully saturated rings. The molecule has 4 aromatic carbocycles. The van der Waals surface area contributed by atoms with E-state index in [1.54, 1.807) is 0 Å². The summed E-state index contributed by atoms with van der Waals surface area (Å²) >= 11 is 0. The maximum absolute atomic E-state index is 6.71. The molecular formula is C48H49N2O+. The van der Waals surface area contributed by atoms with E-state index in [4.69, 9.17) is 9.40 Å². The van der Waals surface area contributed by atoms with E-state index in [-0.39, 0.29) is 5.41 Å². The van der Waals surface area contributed by atoms with E-state index in [9.17, 15) is 0 Å². The molecule has 51 heavy (non-hydrogen) atoms. The van der Waals surface area contributed by atoms with Gasteiger partial charge in [0.1, 0.15) is 18.2 Å². The monoisotopic (exact) mass is 669 g/mol. The van der Waals surface area contributed by atoms with Gasteiger partial charge >= 0.3 is 0 Å². The van der Waals surface area contributed by atoms with E-state index in [1.807, 2.05) is 6.20 Å². The molecule has 0 saturated carbocycles.